The van der Waals surface area contributed by atoms with Crippen molar-refractivity contribution in [2.45, 2.75) is 0 Å². The number of hydrogen-bond donors (Lipinski definition) is 0. The fourth-order valence-corrected chi connectivity index (χ4v) is 5.59. The molecule has 33 heavy (non-hydrogen) atoms. The Morgan fingerprint density at radius 2 is 0.667 bits per heavy atom. The van der Waals surface area contributed by atoms with E-state index >= 15 is 0 Å². The van der Waals surface area contributed by atoms with Crippen molar-refractivity contribution in [3.63, 3.8) is 0 Å². The second-order valence-corrected chi connectivity index (χ2v) is 8.67. The van der Waals surface area contributed by atoms with E-state index in [0.29, 0.717) is 0 Å². The molecule has 0 nitrogen and oxygen atoms in total. The Kier molecular flexibility index (Phi) is 4.01. The monoisotopic (exact) mass is 417 g/mol. The maximum Gasteiger partial charge on any atom is 0.0654 e. The van der Waals surface area contributed by atoms with Gasteiger partial charge in [-0.3, -0.25) is 0 Å². The van der Waals surface area contributed by atoms with Gasteiger partial charge in [0.1, 0.15) is 0 Å². The summed E-state index contributed by atoms with van der Waals surface area (Å²) in [4.78, 5) is 0. The highest BCUT2D eigenvalue weighted by Crippen LogP contribution is 2.52. The van der Waals surface area contributed by atoms with Crippen molar-refractivity contribution >= 4 is 21.5 Å². The zero-order valence-corrected chi connectivity index (χ0v) is 18.1. The third kappa shape index (κ3) is 2.64. The lowest BCUT2D eigenvalue weighted by molar-refractivity contribution is 1.31. The number of rotatable bonds is 2. The molecular weight excluding hydrogens is 396 g/mol. The van der Waals surface area contributed by atoms with E-state index < -0.39 is 0 Å². The maximum atomic E-state index is 2.29. The van der Waals surface area contributed by atoms with Crippen molar-refractivity contribution in [2.75, 3.05) is 0 Å². The standard InChI is InChI=1S/C33H21/c1-2-12-22(13-3-1)31-27-18-8-4-14-23(27)26-17-7-11-21-30(26)33(31)32-28-19-9-5-15-24(28)25-16-6-10-20-29(25)32/h1-21H. The van der Waals surface area contributed by atoms with E-state index in [1.165, 1.54) is 66.4 Å². The Morgan fingerprint density at radius 1 is 0.273 bits per heavy atom. The van der Waals surface area contributed by atoms with Gasteiger partial charge >= 0.3 is 0 Å². The minimum absolute atomic E-state index is 1.25. The van der Waals surface area contributed by atoms with Crippen LogP contribution in [0.4, 0.5) is 0 Å². The molecule has 0 amide bonds. The van der Waals surface area contributed by atoms with Gasteiger partial charge in [0.05, 0.1) is 5.92 Å². The zero-order valence-electron chi connectivity index (χ0n) is 18.1. The summed E-state index contributed by atoms with van der Waals surface area (Å²) < 4.78 is 0. The van der Waals surface area contributed by atoms with E-state index in [2.05, 4.69) is 127 Å². The van der Waals surface area contributed by atoms with Crippen LogP contribution in [0.3, 0.4) is 0 Å². The lowest BCUT2D eigenvalue weighted by Gasteiger charge is -2.23. The quantitative estimate of drug-likeness (QED) is 0.247. The Balaban J connectivity index is 1.71. The van der Waals surface area contributed by atoms with Crippen molar-refractivity contribution < 1.29 is 0 Å². The summed E-state index contributed by atoms with van der Waals surface area (Å²) in [5.74, 6) is 1.34. The summed E-state index contributed by atoms with van der Waals surface area (Å²) >= 11 is 0. The Morgan fingerprint density at radius 3 is 1.21 bits per heavy atom. The first-order valence-electron chi connectivity index (χ1n) is 11.5. The Hall–Kier alpha value is -4.16. The van der Waals surface area contributed by atoms with Gasteiger partial charge in [-0.15, -0.1) is 0 Å². The van der Waals surface area contributed by atoms with Crippen LogP contribution >= 0.6 is 0 Å². The minimum atomic E-state index is 1.25. The molecule has 0 heteroatoms. The van der Waals surface area contributed by atoms with Crippen molar-refractivity contribution in [3.8, 4) is 22.3 Å². The second kappa shape index (κ2) is 7.18. The summed E-state index contributed by atoms with van der Waals surface area (Å²) in [6.07, 6.45) is 0. The summed E-state index contributed by atoms with van der Waals surface area (Å²) in [7, 11) is 0. The van der Waals surface area contributed by atoms with E-state index in [1.54, 1.807) is 0 Å². The van der Waals surface area contributed by atoms with Crippen molar-refractivity contribution in [3.05, 3.63) is 150 Å². The highest BCUT2D eigenvalue weighted by Gasteiger charge is 2.33. The first kappa shape index (κ1) is 18.4. The molecule has 0 unspecified atom stereocenters. The molecular formula is C33H21. The highest BCUT2D eigenvalue weighted by atomic mass is 14.4. The van der Waals surface area contributed by atoms with Crippen molar-refractivity contribution in [1.29, 1.82) is 0 Å². The molecule has 0 saturated heterocycles. The van der Waals surface area contributed by atoms with Crippen molar-refractivity contribution in [2.24, 2.45) is 0 Å². The third-order valence-electron chi connectivity index (χ3n) is 6.93. The summed E-state index contributed by atoms with van der Waals surface area (Å²) in [6, 6.07) is 46.3. The van der Waals surface area contributed by atoms with Crippen LogP contribution < -0.4 is 0 Å². The van der Waals surface area contributed by atoms with Crippen LogP contribution in [-0.4, -0.2) is 0 Å². The Bertz CT molecular complexity index is 1610. The second-order valence-electron chi connectivity index (χ2n) is 8.67. The van der Waals surface area contributed by atoms with Crippen LogP contribution in [0.5, 0.6) is 0 Å². The number of hydrogen-bond acceptors (Lipinski definition) is 0. The summed E-state index contributed by atoms with van der Waals surface area (Å²) in [6.45, 7) is 0. The normalized spacial score (nSPS) is 12.7. The van der Waals surface area contributed by atoms with Gasteiger partial charge in [-0.1, -0.05) is 127 Å². The van der Waals surface area contributed by atoms with E-state index in [4.69, 9.17) is 0 Å². The summed E-state index contributed by atoms with van der Waals surface area (Å²) in [5.41, 5.74) is 9.16. The van der Waals surface area contributed by atoms with Crippen LogP contribution in [-0.2, 0) is 0 Å². The van der Waals surface area contributed by atoms with E-state index in [1.807, 2.05) is 0 Å². The van der Waals surface area contributed by atoms with Crippen LogP contribution in [0.15, 0.2) is 127 Å². The van der Waals surface area contributed by atoms with Crippen LogP contribution in [0.1, 0.15) is 16.7 Å². The molecule has 0 aromatic heterocycles. The van der Waals surface area contributed by atoms with Crippen LogP contribution in [0.25, 0.3) is 43.8 Å². The van der Waals surface area contributed by atoms with Crippen LogP contribution in [0.2, 0.25) is 0 Å². The van der Waals surface area contributed by atoms with Gasteiger partial charge in [0, 0.05) is 0 Å². The van der Waals surface area contributed by atoms with E-state index in [0.717, 1.165) is 0 Å². The van der Waals surface area contributed by atoms with E-state index in [9.17, 15) is 0 Å². The van der Waals surface area contributed by atoms with Gasteiger partial charge in [0.15, 0.2) is 0 Å². The minimum Gasteiger partial charge on any atom is -0.0622 e. The molecule has 153 valence electrons. The number of fused-ring (bicyclic) bond motifs is 6. The fraction of sp³-hybridized carbons (Fsp3) is 0. The van der Waals surface area contributed by atoms with Gasteiger partial charge in [0.25, 0.3) is 0 Å². The van der Waals surface area contributed by atoms with E-state index in [-0.39, 0.29) is 0 Å². The molecule has 1 aliphatic rings. The molecule has 6 aromatic carbocycles. The van der Waals surface area contributed by atoms with Crippen LogP contribution in [0, 0.1) is 5.92 Å². The topological polar surface area (TPSA) is 0 Å². The average Bonchev–Trinajstić information content (AvgIpc) is 3.23. The lowest BCUT2D eigenvalue weighted by atomic mass is 9.79. The predicted octanol–water partition coefficient (Wildman–Crippen LogP) is 8.66. The first-order valence-corrected chi connectivity index (χ1v) is 11.5. The molecule has 1 radical (unpaired) electrons. The smallest absolute Gasteiger partial charge is 0.0622 e. The van der Waals surface area contributed by atoms with Crippen molar-refractivity contribution in [1.82, 2.24) is 0 Å². The SMILES string of the molecule is c1ccc(-c2c([C]3c4ccccc4-c4ccccc43)c3ccccc3c3ccccc23)cc1. The zero-order chi connectivity index (χ0) is 21.8. The molecule has 0 spiro atoms. The first-order chi connectivity index (χ1) is 16.4. The van der Waals surface area contributed by atoms with Gasteiger partial charge in [-0.25, -0.2) is 0 Å². The highest BCUT2D eigenvalue weighted by molar-refractivity contribution is 6.18. The largest absolute Gasteiger partial charge is 0.0654 e. The molecule has 7 rings (SSSR count). The molecule has 6 aromatic rings. The predicted molar refractivity (Wildman–Crippen MR) is 139 cm³/mol. The molecule has 0 fully saturated rings. The molecule has 0 aliphatic heterocycles. The molecule has 0 saturated carbocycles. The summed E-state index contributed by atoms with van der Waals surface area (Å²) in [5, 5.41) is 5.20. The van der Waals surface area contributed by atoms with Gasteiger partial charge in [-0.05, 0) is 60.5 Å². The molecule has 0 N–H and O–H groups in total. The van der Waals surface area contributed by atoms with Gasteiger partial charge in [-0.2, -0.15) is 0 Å². The fourth-order valence-electron chi connectivity index (χ4n) is 5.59. The van der Waals surface area contributed by atoms with Gasteiger partial charge in [0.2, 0.25) is 0 Å². The average molecular weight is 418 g/mol. The molecule has 0 heterocycles. The Labute approximate surface area is 193 Å². The number of benzene rings is 6. The molecule has 1 aliphatic carbocycles. The van der Waals surface area contributed by atoms with Gasteiger partial charge < -0.3 is 0 Å². The molecule has 0 atom stereocenters. The lowest BCUT2D eigenvalue weighted by Crippen LogP contribution is -2.05. The maximum absolute atomic E-state index is 2.29. The third-order valence-corrected chi connectivity index (χ3v) is 6.93. The molecule has 0 bridgehead atoms.